The van der Waals surface area contributed by atoms with E-state index in [4.69, 9.17) is 23.2 Å². The first-order valence-electron chi connectivity index (χ1n) is 7.48. The summed E-state index contributed by atoms with van der Waals surface area (Å²) in [5.74, 6) is 0.467. The Labute approximate surface area is 151 Å². The maximum atomic E-state index is 14.1. The van der Waals surface area contributed by atoms with Crippen molar-refractivity contribution in [3.8, 4) is 22.8 Å². The molecule has 0 amide bonds. The van der Waals surface area contributed by atoms with Crippen LogP contribution in [-0.4, -0.2) is 30.4 Å². The predicted molar refractivity (Wildman–Crippen MR) is 95.4 cm³/mol. The van der Waals surface area contributed by atoms with Gasteiger partial charge in [-0.3, -0.25) is 10.2 Å². The molecule has 0 aliphatic rings. The van der Waals surface area contributed by atoms with Crippen molar-refractivity contribution in [2.75, 3.05) is 0 Å². The molecule has 0 aliphatic carbocycles. The number of halogens is 3. The molecule has 3 heterocycles. The summed E-state index contributed by atoms with van der Waals surface area (Å²) in [7, 11) is 0. The Balaban J connectivity index is 2.02. The molecule has 0 saturated heterocycles. The van der Waals surface area contributed by atoms with Crippen LogP contribution in [0.5, 0.6) is 0 Å². The van der Waals surface area contributed by atoms with Crippen LogP contribution >= 0.6 is 23.2 Å². The Kier molecular flexibility index (Phi) is 3.59. The molecule has 0 fully saturated rings. The Bertz CT molecular complexity index is 1060. The van der Waals surface area contributed by atoms with Crippen LogP contribution in [-0.2, 0) is 5.67 Å². The smallest absolute Gasteiger partial charge is 0.198 e. The van der Waals surface area contributed by atoms with Gasteiger partial charge in [-0.1, -0.05) is 29.3 Å². The highest BCUT2D eigenvalue weighted by atomic mass is 35.5. The molecule has 6 nitrogen and oxygen atoms in total. The molecule has 4 rings (SSSR count). The third-order valence-electron chi connectivity index (χ3n) is 3.91. The van der Waals surface area contributed by atoms with Crippen LogP contribution in [0.2, 0.25) is 10.0 Å². The minimum absolute atomic E-state index is 0.140. The highest BCUT2D eigenvalue weighted by Crippen LogP contribution is 2.41. The predicted octanol–water partition coefficient (Wildman–Crippen LogP) is 4.85. The second kappa shape index (κ2) is 5.57. The van der Waals surface area contributed by atoms with Gasteiger partial charge in [-0.15, -0.1) is 0 Å². The summed E-state index contributed by atoms with van der Waals surface area (Å²) in [5.41, 5.74) is 1.15. The number of nitrogens with one attached hydrogen (secondary N) is 3. The van der Waals surface area contributed by atoms with E-state index in [1.165, 1.54) is 13.8 Å². The summed E-state index contributed by atoms with van der Waals surface area (Å²) < 4.78 is 14.1. The zero-order valence-corrected chi connectivity index (χ0v) is 14.8. The zero-order chi connectivity index (χ0) is 17.8. The highest BCUT2D eigenvalue weighted by molar-refractivity contribution is 6.45. The number of fused-ring (bicyclic) bond motifs is 1. The number of hydrogen-bond donors (Lipinski definition) is 3. The maximum Gasteiger partial charge on any atom is 0.198 e. The van der Waals surface area contributed by atoms with Crippen molar-refractivity contribution in [1.82, 2.24) is 30.4 Å². The molecule has 0 spiro atoms. The van der Waals surface area contributed by atoms with Gasteiger partial charge < -0.3 is 4.98 Å². The number of benzene rings is 1. The van der Waals surface area contributed by atoms with Gasteiger partial charge in [-0.2, -0.15) is 10.2 Å². The molecule has 9 heteroatoms. The molecule has 0 bridgehead atoms. The average molecular weight is 379 g/mol. The van der Waals surface area contributed by atoms with Gasteiger partial charge in [0.1, 0.15) is 0 Å². The molecular formula is C16H13Cl2FN6. The normalized spacial score (nSPS) is 12.2. The molecule has 25 heavy (non-hydrogen) atoms. The molecule has 1 aromatic carbocycles. The van der Waals surface area contributed by atoms with E-state index < -0.39 is 5.67 Å². The molecule has 0 aliphatic heterocycles. The number of aromatic nitrogens is 6. The summed E-state index contributed by atoms with van der Waals surface area (Å²) in [4.78, 5) is 7.50. The lowest BCUT2D eigenvalue weighted by molar-refractivity contribution is 0.207. The van der Waals surface area contributed by atoms with Crippen LogP contribution < -0.4 is 0 Å². The number of alkyl halides is 1. The molecule has 128 valence electrons. The van der Waals surface area contributed by atoms with Crippen molar-refractivity contribution in [3.63, 3.8) is 0 Å². The number of hydrogen-bond acceptors (Lipinski definition) is 3. The van der Waals surface area contributed by atoms with E-state index in [9.17, 15) is 4.39 Å². The van der Waals surface area contributed by atoms with E-state index in [-0.39, 0.29) is 5.82 Å². The summed E-state index contributed by atoms with van der Waals surface area (Å²) in [6.45, 7) is 2.82. The Morgan fingerprint density at radius 3 is 2.56 bits per heavy atom. The fraction of sp³-hybridized carbons (Fsp3) is 0.188. The molecule has 3 aromatic heterocycles. The van der Waals surface area contributed by atoms with Gasteiger partial charge in [0, 0.05) is 17.1 Å². The van der Waals surface area contributed by atoms with Gasteiger partial charge >= 0.3 is 0 Å². The maximum absolute atomic E-state index is 14.1. The molecular weight excluding hydrogens is 366 g/mol. The van der Waals surface area contributed by atoms with Crippen molar-refractivity contribution in [1.29, 1.82) is 0 Å². The van der Waals surface area contributed by atoms with Crippen LogP contribution in [0.4, 0.5) is 4.39 Å². The van der Waals surface area contributed by atoms with E-state index in [2.05, 4.69) is 30.4 Å². The van der Waals surface area contributed by atoms with E-state index >= 15 is 0 Å². The standard InChI is InChI=1S/C16H13Cl2FN6/c1-16(2,19)15-22-14(24-25-15)13-10(9-5-6-20-23-9)7-3-4-8(17)11(18)12(7)21-13/h3-6,21H,1-2H3,(H,20,23)(H,22,24,25). The van der Waals surface area contributed by atoms with Crippen molar-refractivity contribution in [2.24, 2.45) is 0 Å². The van der Waals surface area contributed by atoms with Gasteiger partial charge in [0.25, 0.3) is 0 Å². The minimum atomic E-state index is -1.63. The first-order valence-corrected chi connectivity index (χ1v) is 8.23. The number of H-pyrrole nitrogens is 3. The lowest BCUT2D eigenvalue weighted by Crippen LogP contribution is -2.11. The van der Waals surface area contributed by atoms with E-state index in [0.29, 0.717) is 27.1 Å². The first kappa shape index (κ1) is 16.1. The second-order valence-corrected chi connectivity index (χ2v) is 6.89. The van der Waals surface area contributed by atoms with E-state index in [1.54, 1.807) is 12.3 Å². The second-order valence-electron chi connectivity index (χ2n) is 6.11. The number of rotatable bonds is 3. The zero-order valence-electron chi connectivity index (χ0n) is 13.3. The van der Waals surface area contributed by atoms with Crippen molar-refractivity contribution < 1.29 is 4.39 Å². The molecule has 0 saturated carbocycles. The molecule has 4 aromatic rings. The third kappa shape index (κ3) is 2.60. The summed E-state index contributed by atoms with van der Waals surface area (Å²) in [5, 5.41) is 15.4. The quantitative estimate of drug-likeness (QED) is 0.475. The summed E-state index contributed by atoms with van der Waals surface area (Å²) in [6.07, 6.45) is 1.64. The Morgan fingerprint density at radius 2 is 1.92 bits per heavy atom. The molecule has 3 N–H and O–H groups in total. The van der Waals surface area contributed by atoms with Crippen LogP contribution in [0, 0.1) is 0 Å². The lowest BCUT2D eigenvalue weighted by Gasteiger charge is -2.08. The third-order valence-corrected chi connectivity index (χ3v) is 4.71. The van der Waals surface area contributed by atoms with E-state index in [0.717, 1.165) is 16.6 Å². The molecule has 0 unspecified atom stereocenters. The fourth-order valence-corrected chi connectivity index (χ4v) is 3.05. The van der Waals surface area contributed by atoms with Gasteiger partial charge in [0.15, 0.2) is 17.3 Å². The average Bonchev–Trinajstić information content (AvgIpc) is 3.27. The van der Waals surface area contributed by atoms with Gasteiger partial charge in [-0.05, 0) is 26.0 Å². The largest absolute Gasteiger partial charge is 0.350 e. The minimum Gasteiger partial charge on any atom is -0.350 e. The van der Waals surface area contributed by atoms with Crippen LogP contribution in [0.25, 0.3) is 33.7 Å². The van der Waals surface area contributed by atoms with Crippen molar-refractivity contribution in [3.05, 3.63) is 40.3 Å². The first-order chi connectivity index (χ1) is 11.9. The van der Waals surface area contributed by atoms with Crippen LogP contribution in [0.1, 0.15) is 19.7 Å². The van der Waals surface area contributed by atoms with Gasteiger partial charge in [0.2, 0.25) is 0 Å². The molecule has 0 radical (unpaired) electrons. The van der Waals surface area contributed by atoms with Gasteiger partial charge in [0.05, 0.1) is 26.9 Å². The summed E-state index contributed by atoms with van der Waals surface area (Å²) in [6, 6.07) is 5.39. The molecule has 0 atom stereocenters. The Morgan fingerprint density at radius 1 is 1.12 bits per heavy atom. The summed E-state index contributed by atoms with van der Waals surface area (Å²) >= 11 is 12.5. The lowest BCUT2D eigenvalue weighted by atomic mass is 10.1. The SMILES string of the molecule is CC(C)(F)c1nc(-c2[nH]c3c(Cl)c(Cl)ccc3c2-c2ccn[nH]2)n[nH]1. The fourth-order valence-electron chi connectivity index (χ4n) is 2.69. The highest BCUT2D eigenvalue weighted by Gasteiger charge is 2.26. The Hall–Kier alpha value is -2.38. The number of nitrogens with zero attached hydrogens (tertiary/aromatic N) is 3. The van der Waals surface area contributed by atoms with Crippen LogP contribution in [0.15, 0.2) is 24.4 Å². The monoisotopic (exact) mass is 378 g/mol. The van der Waals surface area contributed by atoms with Gasteiger partial charge in [-0.25, -0.2) is 9.37 Å². The topological polar surface area (TPSA) is 86.0 Å². The van der Waals surface area contributed by atoms with Crippen molar-refractivity contribution >= 4 is 34.1 Å². The van der Waals surface area contributed by atoms with E-state index in [1.807, 2.05) is 12.1 Å². The van der Waals surface area contributed by atoms with Crippen LogP contribution in [0.3, 0.4) is 0 Å². The number of aromatic amines is 3. The van der Waals surface area contributed by atoms with Crippen molar-refractivity contribution in [2.45, 2.75) is 19.5 Å².